The lowest BCUT2D eigenvalue weighted by Gasteiger charge is -2.33. The largest absolute Gasteiger partial charge is 0.339 e. The Bertz CT molecular complexity index is 654. The van der Waals surface area contributed by atoms with Gasteiger partial charge in [-0.2, -0.15) is 0 Å². The van der Waals surface area contributed by atoms with Gasteiger partial charge in [-0.25, -0.2) is 0 Å². The summed E-state index contributed by atoms with van der Waals surface area (Å²) in [7, 11) is 0. The number of hydrogen-bond acceptors (Lipinski definition) is 2. The predicted molar refractivity (Wildman–Crippen MR) is 101 cm³/mol. The number of likely N-dealkylation sites (tertiary alicyclic amines) is 1. The zero-order valence-electron chi connectivity index (χ0n) is 14.5. The average Bonchev–Trinajstić information content (AvgIpc) is 3.16. The van der Waals surface area contributed by atoms with Crippen LogP contribution < -0.4 is 5.32 Å². The zero-order chi connectivity index (χ0) is 17.6. The summed E-state index contributed by atoms with van der Waals surface area (Å²) in [6, 6.07) is 7.13. The smallest absolute Gasteiger partial charge is 0.249 e. The van der Waals surface area contributed by atoms with E-state index in [2.05, 4.69) is 11.4 Å². The molecule has 1 saturated heterocycles. The monoisotopic (exact) mass is 360 g/mol. The number of anilines is 1. The van der Waals surface area contributed by atoms with Gasteiger partial charge in [0.25, 0.3) is 0 Å². The van der Waals surface area contributed by atoms with Crippen LogP contribution in [-0.2, 0) is 9.59 Å². The summed E-state index contributed by atoms with van der Waals surface area (Å²) in [5.41, 5.74) is 1.75. The van der Waals surface area contributed by atoms with Crippen molar-refractivity contribution < 1.29 is 9.59 Å². The molecule has 0 unspecified atom stereocenters. The van der Waals surface area contributed by atoms with Gasteiger partial charge in [0.15, 0.2) is 0 Å². The van der Waals surface area contributed by atoms with Crippen LogP contribution in [0.2, 0.25) is 5.02 Å². The Morgan fingerprint density at radius 3 is 2.72 bits per heavy atom. The van der Waals surface area contributed by atoms with Crippen molar-refractivity contribution in [3.8, 4) is 0 Å². The first kappa shape index (κ1) is 18.0. The Morgan fingerprint density at radius 1 is 1.20 bits per heavy atom. The average molecular weight is 361 g/mol. The molecule has 1 aromatic rings. The van der Waals surface area contributed by atoms with Crippen molar-refractivity contribution in [1.29, 1.82) is 0 Å². The highest BCUT2D eigenvalue weighted by atomic mass is 35.5. The summed E-state index contributed by atoms with van der Waals surface area (Å²) in [5, 5.41) is 3.56. The number of hydrogen-bond donors (Lipinski definition) is 1. The Balaban J connectivity index is 1.45. The fraction of sp³-hybridized carbons (Fsp3) is 0.500. The molecular formula is C20H25ClN2O2. The van der Waals surface area contributed by atoms with Gasteiger partial charge in [0.1, 0.15) is 0 Å². The highest BCUT2D eigenvalue weighted by Crippen LogP contribution is 2.26. The molecule has 1 aromatic carbocycles. The normalized spacial score (nSPS) is 20.3. The van der Waals surface area contributed by atoms with E-state index in [0.29, 0.717) is 17.4 Å². The van der Waals surface area contributed by atoms with Crippen LogP contribution in [0.4, 0.5) is 5.69 Å². The van der Waals surface area contributed by atoms with E-state index in [4.69, 9.17) is 11.6 Å². The van der Waals surface area contributed by atoms with Gasteiger partial charge in [-0.1, -0.05) is 17.7 Å². The minimum atomic E-state index is 0.0178. The van der Waals surface area contributed by atoms with Crippen LogP contribution in [0.5, 0.6) is 0 Å². The van der Waals surface area contributed by atoms with Crippen LogP contribution in [0, 0.1) is 5.92 Å². The summed E-state index contributed by atoms with van der Waals surface area (Å²) >= 11 is 5.85. The molecule has 2 aliphatic rings. The number of piperidine rings is 1. The molecule has 4 nitrogen and oxygen atoms in total. The predicted octanol–water partition coefficient (Wildman–Crippen LogP) is 4.41. The van der Waals surface area contributed by atoms with Gasteiger partial charge >= 0.3 is 0 Å². The van der Waals surface area contributed by atoms with Crippen molar-refractivity contribution in [3.63, 3.8) is 0 Å². The lowest BCUT2D eigenvalue weighted by Crippen LogP contribution is -2.40. The maximum Gasteiger partial charge on any atom is 0.249 e. The molecule has 25 heavy (non-hydrogen) atoms. The summed E-state index contributed by atoms with van der Waals surface area (Å²) in [6.07, 6.45) is 8.57. The molecule has 0 aromatic heterocycles. The Kier molecular flexibility index (Phi) is 6.14. The molecular weight excluding hydrogens is 336 g/mol. The van der Waals surface area contributed by atoms with E-state index in [0.717, 1.165) is 62.9 Å². The molecule has 5 heteroatoms. The number of nitrogens with zero attached hydrogens (tertiary/aromatic N) is 1. The molecule has 1 heterocycles. The number of carbonyl (C=O) groups is 2. The molecule has 0 radical (unpaired) electrons. The zero-order valence-corrected chi connectivity index (χ0v) is 15.2. The maximum atomic E-state index is 12.5. The van der Waals surface area contributed by atoms with Crippen molar-refractivity contribution >= 4 is 29.1 Å². The Hall–Kier alpha value is -1.81. The van der Waals surface area contributed by atoms with E-state index in [-0.39, 0.29) is 11.8 Å². The lowest BCUT2D eigenvalue weighted by atomic mass is 9.92. The number of nitrogens with one attached hydrogen (secondary N) is 1. The minimum Gasteiger partial charge on any atom is -0.339 e. The summed E-state index contributed by atoms with van der Waals surface area (Å²) in [4.78, 5) is 26.6. The van der Waals surface area contributed by atoms with Crippen molar-refractivity contribution in [2.24, 2.45) is 5.92 Å². The number of carbonyl (C=O) groups excluding carboxylic acids is 2. The molecule has 1 aliphatic carbocycles. The van der Waals surface area contributed by atoms with Crippen LogP contribution in [0.3, 0.4) is 0 Å². The first-order valence-electron chi connectivity index (χ1n) is 9.15. The van der Waals surface area contributed by atoms with Crippen LogP contribution in [0.1, 0.15) is 44.9 Å². The highest BCUT2D eigenvalue weighted by molar-refractivity contribution is 6.30. The third-order valence-electron chi connectivity index (χ3n) is 5.03. The molecule has 1 fully saturated rings. The van der Waals surface area contributed by atoms with Gasteiger partial charge in [-0.15, -0.1) is 0 Å². The Morgan fingerprint density at radius 2 is 2.00 bits per heavy atom. The van der Waals surface area contributed by atoms with Gasteiger partial charge in [-0.05, 0) is 68.7 Å². The molecule has 134 valence electrons. The summed E-state index contributed by atoms with van der Waals surface area (Å²) in [5.74, 6) is 0.646. The van der Waals surface area contributed by atoms with Crippen LogP contribution >= 0.6 is 11.6 Å². The first-order chi connectivity index (χ1) is 12.1. The van der Waals surface area contributed by atoms with E-state index >= 15 is 0 Å². The maximum absolute atomic E-state index is 12.5. The van der Waals surface area contributed by atoms with E-state index in [1.807, 2.05) is 4.90 Å². The standard InChI is InChI=1S/C20H25ClN2O2/c21-17-8-10-18(11-9-17)22-19(24)12-7-15-4-3-13-23(14-15)20(25)16-5-1-2-6-16/h5,8-11,15H,1-4,6-7,12-14H2,(H,22,24)/t15-/m1/s1. The molecule has 0 spiro atoms. The molecule has 0 bridgehead atoms. The lowest BCUT2D eigenvalue weighted by molar-refractivity contribution is -0.129. The number of amides is 2. The van der Waals surface area contributed by atoms with Crippen molar-refractivity contribution in [2.75, 3.05) is 18.4 Å². The molecule has 1 N–H and O–H groups in total. The molecule has 1 aliphatic heterocycles. The number of allylic oxidation sites excluding steroid dienone is 1. The first-order valence-corrected chi connectivity index (χ1v) is 9.53. The highest BCUT2D eigenvalue weighted by Gasteiger charge is 2.26. The second-order valence-corrected chi connectivity index (χ2v) is 7.41. The minimum absolute atomic E-state index is 0.0178. The van der Waals surface area contributed by atoms with Crippen molar-refractivity contribution in [1.82, 2.24) is 4.90 Å². The van der Waals surface area contributed by atoms with Gasteiger partial charge in [-0.3, -0.25) is 9.59 Å². The van der Waals surface area contributed by atoms with Gasteiger partial charge in [0, 0.05) is 35.8 Å². The van der Waals surface area contributed by atoms with E-state index in [9.17, 15) is 9.59 Å². The van der Waals surface area contributed by atoms with Crippen LogP contribution in [0.25, 0.3) is 0 Å². The van der Waals surface area contributed by atoms with Crippen molar-refractivity contribution in [2.45, 2.75) is 44.9 Å². The number of rotatable bonds is 5. The molecule has 2 amide bonds. The van der Waals surface area contributed by atoms with Crippen LogP contribution in [-0.4, -0.2) is 29.8 Å². The summed E-state index contributed by atoms with van der Waals surface area (Å²) in [6.45, 7) is 1.63. The van der Waals surface area contributed by atoms with E-state index in [1.54, 1.807) is 24.3 Å². The van der Waals surface area contributed by atoms with Gasteiger partial charge in [0.2, 0.25) is 11.8 Å². The number of halogens is 1. The second kappa shape index (κ2) is 8.52. The third-order valence-corrected chi connectivity index (χ3v) is 5.28. The second-order valence-electron chi connectivity index (χ2n) is 6.97. The van der Waals surface area contributed by atoms with Gasteiger partial charge in [0.05, 0.1) is 0 Å². The fourth-order valence-electron chi connectivity index (χ4n) is 3.65. The topological polar surface area (TPSA) is 49.4 Å². The molecule has 3 rings (SSSR count). The number of benzene rings is 1. The van der Waals surface area contributed by atoms with Gasteiger partial charge < -0.3 is 10.2 Å². The van der Waals surface area contributed by atoms with E-state index in [1.165, 1.54) is 0 Å². The van der Waals surface area contributed by atoms with E-state index < -0.39 is 0 Å². The summed E-state index contributed by atoms with van der Waals surface area (Å²) < 4.78 is 0. The molecule has 1 atom stereocenters. The van der Waals surface area contributed by atoms with Crippen molar-refractivity contribution in [3.05, 3.63) is 40.9 Å². The SMILES string of the molecule is O=C(CC[C@H]1CCCN(C(=O)C2=CCCC2)C1)Nc1ccc(Cl)cc1. The molecule has 0 saturated carbocycles. The van der Waals surface area contributed by atoms with Crippen LogP contribution in [0.15, 0.2) is 35.9 Å². The third kappa shape index (κ3) is 5.08. The fourth-order valence-corrected chi connectivity index (χ4v) is 3.77. The Labute approximate surface area is 154 Å². The quantitative estimate of drug-likeness (QED) is 0.845.